The number of hydrogen-bond acceptors (Lipinski definition) is 2. The van der Waals surface area contributed by atoms with Gasteiger partial charge in [-0.2, -0.15) is 0 Å². The molecule has 0 saturated carbocycles. The van der Waals surface area contributed by atoms with Crippen LogP contribution >= 0.6 is 22.9 Å². The Kier molecular flexibility index (Phi) is 4.02. The summed E-state index contributed by atoms with van der Waals surface area (Å²) in [4.78, 5) is 4.04. The summed E-state index contributed by atoms with van der Waals surface area (Å²) in [6.07, 6.45) is 5.51. The van der Waals surface area contributed by atoms with Gasteiger partial charge in [-0.25, -0.2) is 0 Å². The minimum atomic E-state index is 0.817. The number of thiophene rings is 1. The van der Waals surface area contributed by atoms with E-state index >= 15 is 0 Å². The van der Waals surface area contributed by atoms with Crippen molar-refractivity contribution < 1.29 is 0 Å². The molecule has 3 rings (SSSR count). The molecule has 0 unspecified atom stereocenters. The van der Waals surface area contributed by atoms with Crippen LogP contribution < -0.4 is 0 Å². The lowest BCUT2D eigenvalue weighted by atomic mass is 10.1. The molecule has 98 valence electrons. The first kappa shape index (κ1) is 12.9. The normalized spacial score (nSPS) is 15.8. The van der Waals surface area contributed by atoms with E-state index in [-0.39, 0.29) is 0 Å². The zero-order chi connectivity index (χ0) is 13.1. The van der Waals surface area contributed by atoms with Crippen molar-refractivity contribution in [2.75, 3.05) is 13.1 Å². The van der Waals surface area contributed by atoms with Crippen molar-refractivity contribution in [2.24, 2.45) is 0 Å². The summed E-state index contributed by atoms with van der Waals surface area (Å²) in [6.45, 7) is 3.21. The van der Waals surface area contributed by atoms with Gasteiger partial charge in [-0.1, -0.05) is 42.0 Å². The van der Waals surface area contributed by atoms with Crippen LogP contribution in [-0.4, -0.2) is 18.0 Å². The van der Waals surface area contributed by atoms with Crippen LogP contribution in [-0.2, 0) is 13.0 Å². The van der Waals surface area contributed by atoms with Gasteiger partial charge in [-0.05, 0) is 35.1 Å². The van der Waals surface area contributed by atoms with Crippen LogP contribution in [0.25, 0.3) is 6.08 Å². The molecule has 19 heavy (non-hydrogen) atoms. The Morgan fingerprint density at radius 2 is 2.16 bits per heavy atom. The second-order valence-corrected chi connectivity index (χ2v) is 6.19. The average Bonchev–Trinajstić information content (AvgIpc) is 2.88. The van der Waals surface area contributed by atoms with Crippen molar-refractivity contribution >= 4 is 29.0 Å². The van der Waals surface area contributed by atoms with Gasteiger partial charge in [-0.3, -0.25) is 4.90 Å². The third-order valence-corrected chi connectivity index (χ3v) is 4.82. The lowest BCUT2D eigenvalue weighted by Gasteiger charge is -2.25. The average molecular weight is 290 g/mol. The van der Waals surface area contributed by atoms with Gasteiger partial charge in [0.15, 0.2) is 0 Å². The fraction of sp³-hybridized carbons (Fsp3) is 0.250. The highest BCUT2D eigenvalue weighted by atomic mass is 35.5. The SMILES string of the molecule is Clc1ccccc1C=CCN1CCc2sccc2C1. The molecule has 1 aliphatic rings. The number of rotatable bonds is 3. The molecule has 0 atom stereocenters. The van der Waals surface area contributed by atoms with Crippen molar-refractivity contribution in [3.05, 3.63) is 62.8 Å². The predicted octanol–water partition coefficient (Wildman–Crippen LogP) is 4.47. The summed E-state index contributed by atoms with van der Waals surface area (Å²) in [6, 6.07) is 10.2. The third kappa shape index (κ3) is 3.08. The summed E-state index contributed by atoms with van der Waals surface area (Å²) in [5, 5.41) is 3.02. The standard InChI is InChI=1S/C16H16ClNS/c17-15-6-2-1-4-13(15)5-3-9-18-10-7-16-14(12-18)8-11-19-16/h1-6,8,11H,7,9-10,12H2. The van der Waals surface area contributed by atoms with Gasteiger partial charge in [0.05, 0.1) is 0 Å². The maximum atomic E-state index is 6.13. The van der Waals surface area contributed by atoms with E-state index in [9.17, 15) is 0 Å². The van der Waals surface area contributed by atoms with Crippen molar-refractivity contribution in [3.8, 4) is 0 Å². The second kappa shape index (κ2) is 5.91. The molecular weight excluding hydrogens is 274 g/mol. The van der Waals surface area contributed by atoms with Crippen molar-refractivity contribution in [1.82, 2.24) is 4.90 Å². The molecule has 0 aliphatic carbocycles. The molecule has 0 amide bonds. The van der Waals surface area contributed by atoms with E-state index in [4.69, 9.17) is 11.6 Å². The molecule has 1 aromatic heterocycles. The zero-order valence-corrected chi connectivity index (χ0v) is 12.3. The molecule has 2 heterocycles. The van der Waals surface area contributed by atoms with Crippen LogP contribution in [0.3, 0.4) is 0 Å². The van der Waals surface area contributed by atoms with E-state index < -0.39 is 0 Å². The van der Waals surface area contributed by atoms with Gasteiger partial charge < -0.3 is 0 Å². The summed E-state index contributed by atoms with van der Waals surface area (Å²) in [5.74, 6) is 0. The van der Waals surface area contributed by atoms with Gasteiger partial charge in [0, 0.05) is 29.5 Å². The molecule has 1 aliphatic heterocycles. The fourth-order valence-electron chi connectivity index (χ4n) is 2.40. The van der Waals surface area contributed by atoms with Crippen LogP contribution in [0, 0.1) is 0 Å². The first-order valence-electron chi connectivity index (χ1n) is 6.51. The summed E-state index contributed by atoms with van der Waals surface area (Å²) in [5.41, 5.74) is 2.60. The number of nitrogens with zero attached hydrogens (tertiary/aromatic N) is 1. The summed E-state index contributed by atoms with van der Waals surface area (Å²) < 4.78 is 0. The molecule has 0 saturated heterocycles. The molecular formula is C16H16ClNS. The predicted molar refractivity (Wildman–Crippen MR) is 83.8 cm³/mol. The van der Waals surface area contributed by atoms with Crippen molar-refractivity contribution in [3.63, 3.8) is 0 Å². The molecule has 3 heteroatoms. The van der Waals surface area contributed by atoms with E-state index in [1.165, 1.54) is 12.0 Å². The van der Waals surface area contributed by atoms with E-state index in [0.29, 0.717) is 0 Å². The number of hydrogen-bond donors (Lipinski definition) is 0. The fourth-order valence-corrected chi connectivity index (χ4v) is 3.49. The quantitative estimate of drug-likeness (QED) is 0.806. The highest BCUT2D eigenvalue weighted by Crippen LogP contribution is 2.24. The van der Waals surface area contributed by atoms with Gasteiger partial charge >= 0.3 is 0 Å². The maximum Gasteiger partial charge on any atom is 0.0478 e. The van der Waals surface area contributed by atoms with Gasteiger partial charge in [-0.15, -0.1) is 11.3 Å². The third-order valence-electron chi connectivity index (χ3n) is 3.45. The Labute approximate surface area is 123 Å². The Bertz CT molecular complexity index is 588. The molecule has 0 spiro atoms. The monoisotopic (exact) mass is 289 g/mol. The topological polar surface area (TPSA) is 3.24 Å². The van der Waals surface area contributed by atoms with E-state index in [1.807, 2.05) is 35.6 Å². The lowest BCUT2D eigenvalue weighted by Crippen LogP contribution is -2.29. The molecule has 1 nitrogen and oxygen atoms in total. The van der Waals surface area contributed by atoms with Crippen molar-refractivity contribution in [2.45, 2.75) is 13.0 Å². The zero-order valence-electron chi connectivity index (χ0n) is 10.7. The van der Waals surface area contributed by atoms with Crippen LogP contribution in [0.5, 0.6) is 0 Å². The molecule has 0 radical (unpaired) electrons. The van der Waals surface area contributed by atoms with E-state index in [0.717, 1.165) is 30.2 Å². The van der Waals surface area contributed by atoms with Gasteiger partial charge in [0.1, 0.15) is 0 Å². The lowest BCUT2D eigenvalue weighted by molar-refractivity contribution is 0.284. The maximum absolute atomic E-state index is 6.13. The Morgan fingerprint density at radius 3 is 3.05 bits per heavy atom. The van der Waals surface area contributed by atoms with E-state index in [2.05, 4.69) is 28.5 Å². The second-order valence-electron chi connectivity index (χ2n) is 4.78. The molecule has 1 aromatic carbocycles. The molecule has 0 fully saturated rings. The van der Waals surface area contributed by atoms with Gasteiger partial charge in [0.2, 0.25) is 0 Å². The van der Waals surface area contributed by atoms with Crippen LogP contribution in [0.15, 0.2) is 41.8 Å². The smallest absolute Gasteiger partial charge is 0.0478 e. The van der Waals surface area contributed by atoms with E-state index in [1.54, 1.807) is 4.88 Å². The highest BCUT2D eigenvalue weighted by Gasteiger charge is 2.15. The Hall–Kier alpha value is -1.09. The van der Waals surface area contributed by atoms with Crippen LogP contribution in [0.1, 0.15) is 16.0 Å². The van der Waals surface area contributed by atoms with Crippen LogP contribution in [0.4, 0.5) is 0 Å². The number of fused-ring (bicyclic) bond motifs is 1. The highest BCUT2D eigenvalue weighted by molar-refractivity contribution is 7.10. The first-order valence-corrected chi connectivity index (χ1v) is 7.77. The molecule has 0 N–H and O–H groups in total. The first-order chi connectivity index (χ1) is 9.33. The van der Waals surface area contributed by atoms with Crippen molar-refractivity contribution in [1.29, 1.82) is 0 Å². The number of benzene rings is 1. The largest absolute Gasteiger partial charge is 0.295 e. The summed E-state index contributed by atoms with van der Waals surface area (Å²) >= 11 is 8.02. The van der Waals surface area contributed by atoms with Crippen LogP contribution in [0.2, 0.25) is 5.02 Å². The Morgan fingerprint density at radius 1 is 1.26 bits per heavy atom. The minimum Gasteiger partial charge on any atom is -0.295 e. The number of halogens is 1. The Balaban J connectivity index is 1.60. The molecule has 0 bridgehead atoms. The summed E-state index contributed by atoms with van der Waals surface area (Å²) in [7, 11) is 0. The minimum absolute atomic E-state index is 0.817. The molecule has 2 aromatic rings. The van der Waals surface area contributed by atoms with Gasteiger partial charge in [0.25, 0.3) is 0 Å².